The Morgan fingerprint density at radius 2 is 2.20 bits per heavy atom. The number of imidazole rings is 1. The molecular weight excluding hydrogens is 276 g/mol. The molecule has 1 atom stereocenters. The molecule has 0 fully saturated rings. The van der Waals surface area contributed by atoms with Crippen molar-refractivity contribution >= 4 is 28.5 Å². The number of benzene rings is 1. The van der Waals surface area contributed by atoms with Gasteiger partial charge in [0.25, 0.3) is 11.2 Å². The van der Waals surface area contributed by atoms with Crippen LogP contribution in [0.3, 0.4) is 0 Å². The van der Waals surface area contributed by atoms with E-state index in [2.05, 4.69) is 24.1 Å². The normalized spacial score (nSPS) is 17.8. The van der Waals surface area contributed by atoms with E-state index in [1.807, 2.05) is 31.2 Å². The molecule has 3 rings (SSSR count). The van der Waals surface area contributed by atoms with Crippen molar-refractivity contribution in [3.8, 4) is 11.3 Å². The summed E-state index contributed by atoms with van der Waals surface area (Å²) in [4.78, 5) is 7.31. The summed E-state index contributed by atoms with van der Waals surface area (Å²) in [6, 6.07) is 7.63. The molecule has 8 heteroatoms. The second kappa shape index (κ2) is 4.89. The smallest absolute Gasteiger partial charge is 0.269 e. The van der Waals surface area contributed by atoms with Gasteiger partial charge in [0.05, 0.1) is 12.0 Å². The van der Waals surface area contributed by atoms with Crippen LogP contribution in [0.4, 0.5) is 5.69 Å². The average Bonchev–Trinajstić information content (AvgIpc) is 2.96. The Bertz CT molecular complexity index is 748. The van der Waals surface area contributed by atoms with E-state index in [0.717, 1.165) is 22.6 Å². The van der Waals surface area contributed by atoms with Crippen molar-refractivity contribution in [1.29, 1.82) is 0 Å². The van der Waals surface area contributed by atoms with E-state index in [9.17, 15) is 4.21 Å². The van der Waals surface area contributed by atoms with Crippen LogP contribution in [0.15, 0.2) is 39.4 Å². The molecule has 0 radical (unpaired) electrons. The molecule has 102 valence electrons. The largest absolute Gasteiger partial charge is 0.380 e. The number of hydrogen-bond acceptors (Lipinski definition) is 4. The van der Waals surface area contributed by atoms with Gasteiger partial charge in [-0.15, -0.1) is 8.80 Å². The Balaban J connectivity index is 1.90. The number of aryl methyl sites for hydroxylation is 1. The average molecular weight is 288 g/mol. The van der Waals surface area contributed by atoms with Crippen molar-refractivity contribution in [2.24, 2.45) is 14.5 Å². The molecule has 4 N–H and O–H groups in total. The molecule has 0 saturated heterocycles. The van der Waals surface area contributed by atoms with Crippen LogP contribution in [0.25, 0.3) is 11.3 Å². The molecule has 1 unspecified atom stereocenters. The van der Waals surface area contributed by atoms with Gasteiger partial charge < -0.3 is 16.0 Å². The highest BCUT2D eigenvalue weighted by Crippen LogP contribution is 2.23. The number of nitrogens with zero attached hydrogens (tertiary/aromatic N) is 3. The number of nitrogens with one attached hydrogen (secondary N) is 2. The maximum atomic E-state index is 11.2. The highest BCUT2D eigenvalue weighted by Gasteiger charge is 2.16. The summed E-state index contributed by atoms with van der Waals surface area (Å²) in [5.41, 5.74) is 9.23. The summed E-state index contributed by atoms with van der Waals surface area (Å²) < 4.78 is 18.6. The van der Waals surface area contributed by atoms with Gasteiger partial charge in [-0.05, 0) is 19.1 Å². The fraction of sp³-hybridized carbons (Fsp3) is 0.0833. The number of H-pyrrole nitrogens is 1. The number of aromatic nitrogens is 2. The predicted molar refractivity (Wildman–Crippen MR) is 79.6 cm³/mol. The zero-order chi connectivity index (χ0) is 14.1. The Kier molecular flexibility index (Phi) is 3.07. The van der Waals surface area contributed by atoms with Gasteiger partial charge in [0, 0.05) is 16.9 Å². The Labute approximate surface area is 117 Å². The van der Waals surface area contributed by atoms with Gasteiger partial charge in [0.15, 0.2) is 11.7 Å². The summed E-state index contributed by atoms with van der Waals surface area (Å²) in [5.74, 6) is 0.462. The third-order valence-corrected chi connectivity index (χ3v) is 3.51. The van der Waals surface area contributed by atoms with E-state index in [0.29, 0.717) is 5.84 Å². The molecule has 20 heavy (non-hydrogen) atoms. The Morgan fingerprint density at radius 1 is 1.35 bits per heavy atom. The SMILES string of the molecule is Cc1[nH]cnc1-c1cccc(NC2=NS(=O)N=C2N)c1. The minimum absolute atomic E-state index is 0.143. The van der Waals surface area contributed by atoms with Crippen LogP contribution < -0.4 is 11.1 Å². The van der Waals surface area contributed by atoms with Crippen molar-refractivity contribution < 1.29 is 4.21 Å². The molecule has 0 bridgehead atoms. The fourth-order valence-corrected chi connectivity index (χ4v) is 2.48. The number of aromatic amines is 1. The lowest BCUT2D eigenvalue weighted by Gasteiger charge is -2.07. The predicted octanol–water partition coefficient (Wildman–Crippen LogP) is 1.15. The number of hydrogen-bond donors (Lipinski definition) is 3. The monoisotopic (exact) mass is 288 g/mol. The van der Waals surface area contributed by atoms with Gasteiger partial charge in [-0.2, -0.15) is 0 Å². The van der Waals surface area contributed by atoms with Crippen LogP contribution in [0, 0.1) is 6.92 Å². The van der Waals surface area contributed by atoms with Gasteiger partial charge >= 0.3 is 0 Å². The topological polar surface area (TPSA) is 109 Å². The third kappa shape index (κ3) is 2.32. The van der Waals surface area contributed by atoms with E-state index in [1.165, 1.54) is 0 Å². The summed E-state index contributed by atoms with van der Waals surface area (Å²) in [6.45, 7) is 1.96. The minimum atomic E-state index is -1.62. The molecule has 1 aliphatic rings. The molecule has 1 aromatic carbocycles. The van der Waals surface area contributed by atoms with Crippen LogP contribution in [-0.4, -0.2) is 25.8 Å². The van der Waals surface area contributed by atoms with Crippen molar-refractivity contribution in [3.05, 3.63) is 36.3 Å². The van der Waals surface area contributed by atoms with Crippen LogP contribution in [-0.2, 0) is 11.2 Å². The summed E-state index contributed by atoms with van der Waals surface area (Å²) in [5, 5.41) is 3.01. The van der Waals surface area contributed by atoms with E-state index < -0.39 is 11.2 Å². The maximum Gasteiger partial charge on any atom is 0.269 e. The molecule has 2 heterocycles. The molecular formula is C12H12N6OS. The maximum absolute atomic E-state index is 11.2. The van der Waals surface area contributed by atoms with Gasteiger partial charge in [-0.25, -0.2) is 9.19 Å². The lowest BCUT2D eigenvalue weighted by Crippen LogP contribution is -2.27. The number of rotatable bonds is 2. The molecule has 1 aromatic heterocycles. The Hall–Kier alpha value is -2.48. The van der Waals surface area contributed by atoms with Crippen LogP contribution >= 0.6 is 0 Å². The van der Waals surface area contributed by atoms with Crippen molar-refractivity contribution in [1.82, 2.24) is 9.97 Å². The highest BCUT2D eigenvalue weighted by molar-refractivity contribution is 7.83. The van der Waals surface area contributed by atoms with E-state index in [-0.39, 0.29) is 5.84 Å². The lowest BCUT2D eigenvalue weighted by molar-refractivity contribution is 0.686. The number of anilines is 1. The fourth-order valence-electron chi connectivity index (χ4n) is 1.89. The van der Waals surface area contributed by atoms with Crippen molar-refractivity contribution in [2.75, 3.05) is 5.32 Å². The van der Waals surface area contributed by atoms with Gasteiger partial charge in [0.1, 0.15) is 0 Å². The lowest BCUT2D eigenvalue weighted by atomic mass is 10.1. The summed E-state index contributed by atoms with van der Waals surface area (Å²) in [7, 11) is 0. The second-order valence-corrected chi connectivity index (χ2v) is 5.06. The van der Waals surface area contributed by atoms with Crippen molar-refractivity contribution in [2.45, 2.75) is 6.92 Å². The third-order valence-electron chi connectivity index (χ3n) is 2.82. The van der Waals surface area contributed by atoms with E-state index in [4.69, 9.17) is 5.73 Å². The zero-order valence-electron chi connectivity index (χ0n) is 10.6. The van der Waals surface area contributed by atoms with Crippen LogP contribution in [0.2, 0.25) is 0 Å². The minimum Gasteiger partial charge on any atom is -0.380 e. The standard InChI is InChI=1S/C12H12N6OS/c1-7-10(15-6-14-7)8-3-2-4-9(5-8)16-12-11(13)17-20(19)18-12/h2-6H,1H3,(H2,13,17)(H,14,15)(H,16,18). The van der Waals surface area contributed by atoms with Crippen LogP contribution in [0.5, 0.6) is 0 Å². The second-order valence-electron chi connectivity index (χ2n) is 4.23. The highest BCUT2D eigenvalue weighted by atomic mass is 32.2. The quantitative estimate of drug-likeness (QED) is 0.770. The van der Waals surface area contributed by atoms with E-state index in [1.54, 1.807) is 6.33 Å². The molecule has 1 aliphatic heterocycles. The van der Waals surface area contributed by atoms with Gasteiger partial charge in [-0.3, -0.25) is 0 Å². The molecule has 0 saturated carbocycles. The van der Waals surface area contributed by atoms with Gasteiger partial charge in [-0.1, -0.05) is 12.1 Å². The zero-order valence-corrected chi connectivity index (χ0v) is 11.4. The van der Waals surface area contributed by atoms with Crippen LogP contribution in [0.1, 0.15) is 5.69 Å². The molecule has 7 nitrogen and oxygen atoms in total. The number of nitrogens with two attached hydrogens (primary N) is 1. The first-order chi connectivity index (χ1) is 9.63. The van der Waals surface area contributed by atoms with Gasteiger partial charge in [0.2, 0.25) is 0 Å². The molecule has 0 amide bonds. The molecule has 0 spiro atoms. The first-order valence-electron chi connectivity index (χ1n) is 5.86. The molecule has 0 aliphatic carbocycles. The summed E-state index contributed by atoms with van der Waals surface area (Å²) in [6.07, 6.45) is 1.65. The van der Waals surface area contributed by atoms with E-state index >= 15 is 0 Å². The summed E-state index contributed by atoms with van der Waals surface area (Å²) >= 11 is -1.62. The first-order valence-corrected chi connectivity index (χ1v) is 6.92. The first kappa shape index (κ1) is 12.5. The van der Waals surface area contributed by atoms with Crippen molar-refractivity contribution in [3.63, 3.8) is 0 Å². The Morgan fingerprint density at radius 3 is 2.85 bits per heavy atom. The molecule has 2 aromatic rings. The number of amidine groups is 2.